The number of benzene rings is 2. The van der Waals surface area contributed by atoms with Gasteiger partial charge in [-0.15, -0.1) is 0 Å². The summed E-state index contributed by atoms with van der Waals surface area (Å²) < 4.78 is 13.3. The Morgan fingerprint density at radius 3 is 2.39 bits per heavy atom. The number of pyridine rings is 1. The highest BCUT2D eigenvalue weighted by Crippen LogP contribution is 2.43. The predicted octanol–water partition coefficient (Wildman–Crippen LogP) is 3.79. The van der Waals surface area contributed by atoms with E-state index in [9.17, 15) is 19.1 Å². The van der Waals surface area contributed by atoms with Crippen molar-refractivity contribution in [3.63, 3.8) is 0 Å². The number of hydrogen-bond acceptors (Lipinski definition) is 3. The third-order valence-electron chi connectivity index (χ3n) is 5.02. The topological polar surface area (TPSA) is 70.5 Å². The van der Waals surface area contributed by atoms with E-state index in [1.807, 2.05) is 0 Å². The number of rotatable bonds is 4. The van der Waals surface area contributed by atoms with Crippen molar-refractivity contribution < 1.29 is 19.1 Å². The highest BCUT2D eigenvalue weighted by atomic mass is 19.1. The van der Waals surface area contributed by atoms with Crippen LogP contribution in [0.2, 0.25) is 0 Å². The molecule has 1 N–H and O–H groups in total. The second-order valence-corrected chi connectivity index (χ2v) is 6.69. The quantitative estimate of drug-likeness (QED) is 0.752. The van der Waals surface area contributed by atoms with Crippen molar-refractivity contribution in [3.8, 4) is 0 Å². The molecule has 0 aliphatic carbocycles. The van der Waals surface area contributed by atoms with Crippen molar-refractivity contribution >= 4 is 11.9 Å². The Kier molecular flexibility index (Phi) is 4.61. The first-order valence-electron chi connectivity index (χ1n) is 8.83. The number of carboxylic acid groups (broad SMARTS) is 1. The van der Waals surface area contributed by atoms with Crippen molar-refractivity contribution in [1.82, 2.24) is 9.88 Å². The average molecular weight is 376 g/mol. The zero-order valence-electron chi connectivity index (χ0n) is 14.8. The minimum absolute atomic E-state index is 0.171. The summed E-state index contributed by atoms with van der Waals surface area (Å²) in [5.41, 5.74) is 2.28. The van der Waals surface area contributed by atoms with Gasteiger partial charge in [0, 0.05) is 24.5 Å². The number of halogens is 1. The van der Waals surface area contributed by atoms with Gasteiger partial charge in [0.2, 0.25) is 0 Å². The molecule has 2 atom stereocenters. The Hall–Kier alpha value is -3.54. The number of nitrogens with zero attached hydrogens (tertiary/aromatic N) is 2. The Morgan fingerprint density at radius 1 is 1.04 bits per heavy atom. The summed E-state index contributed by atoms with van der Waals surface area (Å²) >= 11 is 0. The van der Waals surface area contributed by atoms with E-state index >= 15 is 0 Å². The smallest absolute Gasteiger partial charge is 0.313 e. The van der Waals surface area contributed by atoms with E-state index in [1.165, 1.54) is 12.1 Å². The third-order valence-corrected chi connectivity index (χ3v) is 5.02. The maximum absolute atomic E-state index is 13.3. The number of carbonyl (C=O) groups excluding carboxylic acids is 1. The lowest BCUT2D eigenvalue weighted by atomic mass is 9.80. The standard InChI is InChI=1S/C22H17FN2O3/c23-16-7-5-14(6-8-16)13-25-20(15-9-11-24-12-10-15)19(22(27)28)17-3-1-2-4-18(17)21(25)26/h1-12,19-20H,13H2,(H,27,28)/t19-,20-/m0/s1. The molecule has 6 heteroatoms. The van der Waals surface area contributed by atoms with Gasteiger partial charge in [0.25, 0.3) is 5.91 Å². The van der Waals surface area contributed by atoms with Crippen LogP contribution in [0.25, 0.3) is 0 Å². The van der Waals surface area contributed by atoms with E-state index in [4.69, 9.17) is 0 Å². The first-order valence-corrected chi connectivity index (χ1v) is 8.83. The Morgan fingerprint density at radius 2 is 1.71 bits per heavy atom. The summed E-state index contributed by atoms with van der Waals surface area (Å²) in [6, 6.07) is 15.4. The Bertz CT molecular complexity index is 1020. The highest BCUT2D eigenvalue weighted by molar-refractivity contribution is 6.00. The molecule has 140 valence electrons. The number of aromatic nitrogens is 1. The molecule has 2 aromatic carbocycles. The molecule has 2 heterocycles. The summed E-state index contributed by atoms with van der Waals surface area (Å²) in [6.07, 6.45) is 3.16. The van der Waals surface area contributed by atoms with E-state index in [0.29, 0.717) is 16.7 Å². The van der Waals surface area contributed by atoms with Gasteiger partial charge in [-0.05, 0) is 47.0 Å². The number of aliphatic carboxylic acids is 1. The van der Waals surface area contributed by atoms with Crippen molar-refractivity contribution in [2.45, 2.75) is 18.5 Å². The zero-order chi connectivity index (χ0) is 19.7. The van der Waals surface area contributed by atoms with Gasteiger partial charge in [0.05, 0.1) is 6.04 Å². The van der Waals surface area contributed by atoms with Gasteiger partial charge in [-0.25, -0.2) is 4.39 Å². The average Bonchev–Trinajstić information content (AvgIpc) is 2.71. The molecule has 1 aliphatic heterocycles. The molecule has 0 saturated carbocycles. The van der Waals surface area contributed by atoms with Crippen LogP contribution in [0, 0.1) is 5.82 Å². The minimum atomic E-state index is -1.01. The molecule has 28 heavy (non-hydrogen) atoms. The normalized spacial score (nSPS) is 18.6. The number of hydrogen-bond donors (Lipinski definition) is 1. The summed E-state index contributed by atoms with van der Waals surface area (Å²) in [5, 5.41) is 10.0. The maximum Gasteiger partial charge on any atom is 0.313 e. The summed E-state index contributed by atoms with van der Waals surface area (Å²) in [6.45, 7) is 0.171. The second kappa shape index (κ2) is 7.23. The lowest BCUT2D eigenvalue weighted by molar-refractivity contribution is -0.140. The zero-order valence-corrected chi connectivity index (χ0v) is 14.8. The van der Waals surface area contributed by atoms with Crippen molar-refractivity contribution in [3.05, 3.63) is 101 Å². The fourth-order valence-corrected chi connectivity index (χ4v) is 3.75. The van der Waals surface area contributed by atoms with Crippen LogP contribution in [0.3, 0.4) is 0 Å². The molecule has 1 aromatic heterocycles. The van der Waals surface area contributed by atoms with E-state index in [1.54, 1.807) is 65.8 Å². The molecular formula is C22H17FN2O3. The summed E-state index contributed by atoms with van der Waals surface area (Å²) in [4.78, 5) is 31.1. The monoisotopic (exact) mass is 376 g/mol. The van der Waals surface area contributed by atoms with Gasteiger partial charge < -0.3 is 10.0 Å². The van der Waals surface area contributed by atoms with Crippen molar-refractivity contribution in [2.24, 2.45) is 0 Å². The van der Waals surface area contributed by atoms with Gasteiger partial charge in [-0.2, -0.15) is 0 Å². The summed E-state index contributed by atoms with van der Waals surface area (Å²) in [7, 11) is 0. The highest BCUT2D eigenvalue weighted by Gasteiger charge is 2.44. The van der Waals surface area contributed by atoms with Crippen LogP contribution in [-0.4, -0.2) is 26.9 Å². The molecule has 1 aliphatic rings. The van der Waals surface area contributed by atoms with Crippen LogP contribution >= 0.6 is 0 Å². The molecule has 0 unspecified atom stereocenters. The van der Waals surface area contributed by atoms with E-state index < -0.39 is 17.9 Å². The predicted molar refractivity (Wildman–Crippen MR) is 100 cm³/mol. The van der Waals surface area contributed by atoms with Gasteiger partial charge in [-0.3, -0.25) is 14.6 Å². The largest absolute Gasteiger partial charge is 0.481 e. The van der Waals surface area contributed by atoms with Crippen molar-refractivity contribution in [2.75, 3.05) is 0 Å². The van der Waals surface area contributed by atoms with Crippen molar-refractivity contribution in [1.29, 1.82) is 0 Å². The SMILES string of the molecule is O=C(O)[C@H]1c2ccccc2C(=O)N(Cc2ccc(F)cc2)[C@H]1c1ccncc1. The summed E-state index contributed by atoms with van der Waals surface area (Å²) in [5.74, 6) is -2.55. The molecule has 1 amide bonds. The maximum atomic E-state index is 13.3. The molecule has 5 nitrogen and oxygen atoms in total. The molecule has 0 bridgehead atoms. The lowest BCUT2D eigenvalue weighted by Crippen LogP contribution is -2.44. The van der Waals surface area contributed by atoms with Crippen LogP contribution in [0.4, 0.5) is 4.39 Å². The second-order valence-electron chi connectivity index (χ2n) is 6.69. The van der Waals surface area contributed by atoms with E-state index in [-0.39, 0.29) is 18.3 Å². The van der Waals surface area contributed by atoms with Gasteiger partial charge in [-0.1, -0.05) is 30.3 Å². The molecule has 0 fully saturated rings. The molecular weight excluding hydrogens is 359 g/mol. The van der Waals surface area contributed by atoms with E-state index in [2.05, 4.69) is 4.98 Å². The molecule has 0 spiro atoms. The number of carboxylic acids is 1. The lowest BCUT2D eigenvalue weighted by Gasteiger charge is -2.40. The molecule has 4 rings (SSSR count). The number of fused-ring (bicyclic) bond motifs is 1. The van der Waals surface area contributed by atoms with Gasteiger partial charge in [0.15, 0.2) is 0 Å². The first kappa shape index (κ1) is 17.9. The molecule has 0 saturated heterocycles. The van der Waals surface area contributed by atoms with Crippen LogP contribution < -0.4 is 0 Å². The number of amides is 1. The van der Waals surface area contributed by atoms with Gasteiger partial charge in [0.1, 0.15) is 11.7 Å². The van der Waals surface area contributed by atoms with Crippen LogP contribution in [0.5, 0.6) is 0 Å². The third kappa shape index (κ3) is 3.13. The minimum Gasteiger partial charge on any atom is -0.481 e. The Labute approximate surface area is 161 Å². The van der Waals surface area contributed by atoms with Gasteiger partial charge >= 0.3 is 5.97 Å². The number of carbonyl (C=O) groups is 2. The van der Waals surface area contributed by atoms with E-state index in [0.717, 1.165) is 5.56 Å². The van der Waals surface area contributed by atoms with Crippen LogP contribution in [0.1, 0.15) is 39.0 Å². The molecule has 3 aromatic rings. The first-order chi connectivity index (χ1) is 13.6. The van der Waals surface area contributed by atoms with Crippen LogP contribution in [0.15, 0.2) is 73.1 Å². The fraction of sp³-hybridized carbons (Fsp3) is 0.136. The van der Waals surface area contributed by atoms with Crippen LogP contribution in [-0.2, 0) is 11.3 Å². The molecule has 0 radical (unpaired) electrons. The fourth-order valence-electron chi connectivity index (χ4n) is 3.75. The Balaban J connectivity index is 1.86.